The van der Waals surface area contributed by atoms with Gasteiger partial charge in [0.05, 0.1) is 5.56 Å². The van der Waals surface area contributed by atoms with Crippen molar-refractivity contribution < 1.29 is 9.90 Å². The quantitative estimate of drug-likeness (QED) is 0.413. The monoisotopic (exact) mass is 424 g/mol. The Labute approximate surface area is 186 Å². The minimum Gasteiger partial charge on any atom is -0.507 e. The number of hydrogen-bond donors (Lipinski definition) is 3. The summed E-state index contributed by atoms with van der Waals surface area (Å²) in [5.41, 5.74) is 11.4. The molecule has 160 valence electrons. The molecule has 4 N–H and O–H groups in total. The molecule has 0 saturated heterocycles. The zero-order valence-electron chi connectivity index (χ0n) is 18.0. The summed E-state index contributed by atoms with van der Waals surface area (Å²) in [5.74, 6) is -0.769. The summed E-state index contributed by atoms with van der Waals surface area (Å²) in [7, 11) is 0. The molecule has 4 rings (SSSR count). The van der Waals surface area contributed by atoms with Gasteiger partial charge in [0.25, 0.3) is 0 Å². The third-order valence-corrected chi connectivity index (χ3v) is 5.29. The standard InChI is InChI=1S/C18H18N2.C8H6N2O2/c1-13-3-4-16(9-14(13)2)12-20-8-7-17-10-15(11-19)5-6-18(17)20;9-4-6-3-5(8(10)12)1-2-7(6)11/h3-11,19H,12H2,1-2H3;1-3,11H,(H2,10,12). The Bertz CT molecular complexity index is 1350. The first-order valence-corrected chi connectivity index (χ1v) is 10.0. The lowest BCUT2D eigenvalue weighted by atomic mass is 10.1. The third kappa shape index (κ3) is 5.02. The SMILES string of the molecule is Cc1ccc(Cn2ccc3cc(C=N)ccc32)cc1C.N#Cc1cc(C(N)=O)ccc1O. The lowest BCUT2D eigenvalue weighted by Gasteiger charge is -2.08. The normalized spacial score (nSPS) is 10.2. The minimum atomic E-state index is -0.619. The number of aromatic nitrogens is 1. The number of phenols is 1. The van der Waals surface area contributed by atoms with Gasteiger partial charge in [-0.15, -0.1) is 0 Å². The highest BCUT2D eigenvalue weighted by atomic mass is 16.3. The Balaban J connectivity index is 0.000000207. The number of aromatic hydroxyl groups is 1. The van der Waals surface area contributed by atoms with E-state index in [2.05, 4.69) is 61.0 Å². The van der Waals surface area contributed by atoms with Crippen LogP contribution >= 0.6 is 0 Å². The molecule has 0 fully saturated rings. The molecule has 32 heavy (non-hydrogen) atoms. The van der Waals surface area contributed by atoms with Gasteiger partial charge in [-0.25, -0.2) is 0 Å². The number of carbonyl (C=O) groups excluding carboxylic acids is 1. The second kappa shape index (κ2) is 9.63. The summed E-state index contributed by atoms with van der Waals surface area (Å²) in [5, 5.41) is 26.0. The van der Waals surface area contributed by atoms with Crippen molar-refractivity contribution >= 4 is 23.0 Å². The van der Waals surface area contributed by atoms with E-state index in [4.69, 9.17) is 21.5 Å². The van der Waals surface area contributed by atoms with E-state index in [1.165, 1.54) is 52.0 Å². The van der Waals surface area contributed by atoms with Crippen LogP contribution in [-0.2, 0) is 6.54 Å². The lowest BCUT2D eigenvalue weighted by molar-refractivity contribution is 0.1000. The van der Waals surface area contributed by atoms with Gasteiger partial charge in [-0.2, -0.15) is 5.26 Å². The molecular weight excluding hydrogens is 400 g/mol. The van der Waals surface area contributed by atoms with Crippen LogP contribution in [0.25, 0.3) is 10.9 Å². The smallest absolute Gasteiger partial charge is 0.248 e. The van der Waals surface area contributed by atoms with Gasteiger partial charge in [0.15, 0.2) is 0 Å². The van der Waals surface area contributed by atoms with Crippen molar-refractivity contribution in [1.82, 2.24) is 4.57 Å². The summed E-state index contributed by atoms with van der Waals surface area (Å²) in [6.07, 6.45) is 3.51. The number of benzene rings is 3. The summed E-state index contributed by atoms with van der Waals surface area (Å²) < 4.78 is 2.26. The highest BCUT2D eigenvalue weighted by Gasteiger charge is 2.05. The summed E-state index contributed by atoms with van der Waals surface area (Å²) in [4.78, 5) is 10.6. The number of carbonyl (C=O) groups is 1. The van der Waals surface area contributed by atoms with Gasteiger partial charge in [-0.1, -0.05) is 24.3 Å². The molecule has 0 aliphatic rings. The lowest BCUT2D eigenvalue weighted by Crippen LogP contribution is -2.10. The van der Waals surface area contributed by atoms with Crippen molar-refractivity contribution in [3.05, 3.63) is 100 Å². The molecule has 4 aromatic rings. The maximum absolute atomic E-state index is 10.6. The molecule has 0 radical (unpaired) electrons. The zero-order chi connectivity index (χ0) is 23.3. The first-order valence-electron chi connectivity index (χ1n) is 10.0. The number of nitrogens with one attached hydrogen (secondary N) is 1. The number of nitrogens with zero attached hydrogens (tertiary/aromatic N) is 2. The van der Waals surface area contributed by atoms with Crippen molar-refractivity contribution in [1.29, 1.82) is 10.7 Å². The number of hydrogen-bond acceptors (Lipinski definition) is 4. The number of phenolic OH excluding ortho intramolecular Hbond substituents is 1. The van der Waals surface area contributed by atoms with Crippen molar-refractivity contribution in [3.8, 4) is 11.8 Å². The van der Waals surface area contributed by atoms with Gasteiger partial charge < -0.3 is 20.8 Å². The molecule has 1 heterocycles. The van der Waals surface area contributed by atoms with Gasteiger partial charge in [-0.05, 0) is 72.5 Å². The number of aryl methyl sites for hydroxylation is 2. The summed E-state index contributed by atoms with van der Waals surface area (Å²) in [6.45, 7) is 5.18. The van der Waals surface area contributed by atoms with Crippen LogP contribution in [0.5, 0.6) is 5.75 Å². The Hall–Kier alpha value is -4.37. The second-order valence-electron chi connectivity index (χ2n) is 7.53. The molecule has 0 spiro atoms. The van der Waals surface area contributed by atoms with Crippen molar-refractivity contribution in [2.24, 2.45) is 5.73 Å². The Morgan fingerprint density at radius 3 is 2.53 bits per heavy atom. The van der Waals surface area contributed by atoms with Crippen molar-refractivity contribution in [2.75, 3.05) is 0 Å². The topological polar surface area (TPSA) is 116 Å². The molecule has 1 amide bonds. The van der Waals surface area contributed by atoms with Crippen LogP contribution < -0.4 is 5.73 Å². The molecule has 0 aliphatic carbocycles. The van der Waals surface area contributed by atoms with Crippen molar-refractivity contribution in [2.45, 2.75) is 20.4 Å². The van der Waals surface area contributed by atoms with Gasteiger partial charge in [0.2, 0.25) is 5.91 Å². The van der Waals surface area contributed by atoms with E-state index >= 15 is 0 Å². The average molecular weight is 425 g/mol. The van der Waals surface area contributed by atoms with E-state index in [0.29, 0.717) is 0 Å². The van der Waals surface area contributed by atoms with Gasteiger partial charge in [-0.3, -0.25) is 4.79 Å². The van der Waals surface area contributed by atoms with Crippen LogP contribution in [0.3, 0.4) is 0 Å². The molecule has 6 heteroatoms. The first kappa shape index (κ1) is 22.3. The Kier molecular flexibility index (Phi) is 6.71. The molecule has 6 nitrogen and oxygen atoms in total. The fourth-order valence-electron chi connectivity index (χ4n) is 3.32. The van der Waals surface area contributed by atoms with E-state index in [-0.39, 0.29) is 16.9 Å². The van der Waals surface area contributed by atoms with Gasteiger partial charge >= 0.3 is 0 Å². The Morgan fingerprint density at radius 2 is 1.88 bits per heavy atom. The van der Waals surface area contributed by atoms with Gasteiger partial charge in [0, 0.05) is 35.4 Å². The maximum atomic E-state index is 10.6. The maximum Gasteiger partial charge on any atom is 0.248 e. The summed E-state index contributed by atoms with van der Waals surface area (Å²) in [6, 6.07) is 20.5. The molecule has 0 aliphatic heterocycles. The van der Waals surface area contributed by atoms with E-state index < -0.39 is 5.91 Å². The fraction of sp³-hybridized carbons (Fsp3) is 0.115. The molecule has 0 unspecified atom stereocenters. The third-order valence-electron chi connectivity index (χ3n) is 5.29. The van der Waals surface area contributed by atoms with Crippen LogP contribution in [0, 0.1) is 30.6 Å². The molecule has 0 bridgehead atoms. The highest BCUT2D eigenvalue weighted by Crippen LogP contribution is 2.20. The second-order valence-corrected chi connectivity index (χ2v) is 7.53. The number of rotatable bonds is 4. The zero-order valence-corrected chi connectivity index (χ0v) is 18.0. The van der Waals surface area contributed by atoms with Crippen LogP contribution in [0.4, 0.5) is 0 Å². The predicted octanol–water partition coefficient (Wildman–Crippen LogP) is 4.67. The van der Waals surface area contributed by atoms with Gasteiger partial charge in [0.1, 0.15) is 11.8 Å². The predicted molar refractivity (Wildman–Crippen MR) is 126 cm³/mol. The molecular formula is C26H24N4O2. The van der Waals surface area contributed by atoms with E-state index in [0.717, 1.165) is 12.1 Å². The van der Waals surface area contributed by atoms with Crippen LogP contribution in [0.1, 0.15) is 38.2 Å². The van der Waals surface area contributed by atoms with E-state index in [9.17, 15) is 4.79 Å². The first-order chi connectivity index (χ1) is 15.3. The number of primary amides is 1. The number of fused-ring (bicyclic) bond motifs is 1. The molecule has 3 aromatic carbocycles. The largest absolute Gasteiger partial charge is 0.507 e. The number of amides is 1. The average Bonchev–Trinajstić information content (AvgIpc) is 3.18. The number of nitriles is 1. The Morgan fingerprint density at radius 1 is 1.09 bits per heavy atom. The van der Waals surface area contributed by atoms with Crippen molar-refractivity contribution in [3.63, 3.8) is 0 Å². The summed E-state index contributed by atoms with van der Waals surface area (Å²) >= 11 is 0. The molecule has 0 saturated carbocycles. The molecule has 0 atom stereocenters. The van der Waals surface area contributed by atoms with Crippen LogP contribution in [0.2, 0.25) is 0 Å². The van der Waals surface area contributed by atoms with Crippen LogP contribution in [-0.4, -0.2) is 21.8 Å². The van der Waals surface area contributed by atoms with E-state index in [1.807, 2.05) is 6.07 Å². The number of nitrogens with two attached hydrogens (primary N) is 1. The van der Waals surface area contributed by atoms with Crippen LogP contribution in [0.15, 0.2) is 66.9 Å². The van der Waals surface area contributed by atoms with E-state index in [1.54, 1.807) is 6.07 Å². The fourth-order valence-corrected chi connectivity index (χ4v) is 3.32. The molecule has 1 aromatic heterocycles. The minimum absolute atomic E-state index is 0.0475. The highest BCUT2D eigenvalue weighted by molar-refractivity contribution is 5.93.